The first-order valence-electron chi connectivity index (χ1n) is 9.10. The van der Waals surface area contributed by atoms with Gasteiger partial charge in [0.25, 0.3) is 0 Å². The first-order valence-corrected chi connectivity index (χ1v) is 9.10. The van der Waals surface area contributed by atoms with Gasteiger partial charge in [0.2, 0.25) is 11.7 Å². The molecule has 0 atom stereocenters. The third-order valence-corrected chi connectivity index (χ3v) is 4.34. The van der Waals surface area contributed by atoms with Gasteiger partial charge in [0, 0.05) is 41.6 Å². The van der Waals surface area contributed by atoms with Crippen molar-refractivity contribution < 1.29 is 18.7 Å². The Labute approximate surface area is 167 Å². The molecular formula is C21H21FN4O3. The second-order valence-corrected chi connectivity index (χ2v) is 6.43. The fourth-order valence-corrected chi connectivity index (χ4v) is 3.02. The van der Waals surface area contributed by atoms with Gasteiger partial charge >= 0.3 is 5.97 Å². The minimum Gasteiger partial charge on any atom is -0.457 e. The Morgan fingerprint density at radius 2 is 1.90 bits per heavy atom. The number of ketones is 1. The highest BCUT2D eigenvalue weighted by atomic mass is 19.1. The second-order valence-electron chi connectivity index (χ2n) is 6.43. The fraction of sp³-hybridized carbons (Fsp3) is 0.238. The van der Waals surface area contributed by atoms with Crippen molar-refractivity contribution in [2.75, 3.05) is 18.5 Å². The van der Waals surface area contributed by atoms with Crippen LogP contribution in [-0.4, -0.2) is 39.4 Å². The van der Waals surface area contributed by atoms with Crippen LogP contribution < -0.4 is 5.32 Å². The third-order valence-electron chi connectivity index (χ3n) is 4.34. The minimum absolute atomic E-state index is 0.0772. The standard InChI is InChI=1S/C21H21FN4O3/c1-14-11-18(15(2)26(14)17-6-3-5-16(22)12-17)19(27)13-29-20(28)7-10-25-21-23-8-4-9-24-21/h3-6,8-9,11-12H,7,10,13H2,1-2H3,(H,23,24,25). The number of esters is 1. The lowest BCUT2D eigenvalue weighted by Crippen LogP contribution is -2.17. The van der Waals surface area contributed by atoms with E-state index in [9.17, 15) is 14.0 Å². The molecular weight excluding hydrogens is 375 g/mol. The zero-order valence-corrected chi connectivity index (χ0v) is 16.2. The average Bonchev–Trinajstić information content (AvgIpc) is 3.01. The first kappa shape index (κ1) is 20.2. The molecule has 2 heterocycles. The molecule has 0 bridgehead atoms. The molecule has 1 aromatic carbocycles. The Morgan fingerprint density at radius 1 is 1.14 bits per heavy atom. The predicted molar refractivity (Wildman–Crippen MR) is 106 cm³/mol. The Balaban J connectivity index is 1.57. The number of carbonyl (C=O) groups is 2. The zero-order valence-electron chi connectivity index (χ0n) is 16.2. The van der Waals surface area contributed by atoms with Crippen LogP contribution in [0.1, 0.15) is 28.2 Å². The van der Waals surface area contributed by atoms with Gasteiger partial charge in [0.05, 0.1) is 6.42 Å². The molecule has 0 aliphatic rings. The van der Waals surface area contributed by atoms with Crippen LogP contribution in [0.15, 0.2) is 48.8 Å². The van der Waals surface area contributed by atoms with Crippen molar-refractivity contribution in [1.29, 1.82) is 0 Å². The molecule has 2 aromatic heterocycles. The number of hydrogen-bond donors (Lipinski definition) is 1. The van der Waals surface area contributed by atoms with Crippen LogP contribution in [0.4, 0.5) is 10.3 Å². The maximum atomic E-state index is 13.6. The molecule has 150 valence electrons. The maximum absolute atomic E-state index is 13.6. The molecule has 3 rings (SSSR count). The number of carbonyl (C=O) groups excluding carboxylic acids is 2. The van der Waals surface area contributed by atoms with Gasteiger partial charge in [-0.15, -0.1) is 0 Å². The van der Waals surface area contributed by atoms with Gasteiger partial charge in [-0.25, -0.2) is 14.4 Å². The van der Waals surface area contributed by atoms with Crippen LogP contribution in [0.5, 0.6) is 0 Å². The van der Waals surface area contributed by atoms with Crippen molar-refractivity contribution in [3.05, 3.63) is 71.6 Å². The van der Waals surface area contributed by atoms with E-state index < -0.39 is 5.97 Å². The van der Waals surface area contributed by atoms with Gasteiger partial charge in [-0.3, -0.25) is 9.59 Å². The van der Waals surface area contributed by atoms with Crippen LogP contribution in [0.2, 0.25) is 0 Å². The lowest BCUT2D eigenvalue weighted by Gasteiger charge is -2.10. The van der Waals surface area contributed by atoms with Crippen LogP contribution in [0, 0.1) is 19.7 Å². The molecule has 0 aliphatic heterocycles. The average molecular weight is 396 g/mol. The maximum Gasteiger partial charge on any atom is 0.308 e. The summed E-state index contributed by atoms with van der Waals surface area (Å²) in [5.74, 6) is -0.748. The molecule has 0 saturated carbocycles. The van der Waals surface area contributed by atoms with E-state index in [1.807, 2.05) is 6.92 Å². The highest BCUT2D eigenvalue weighted by Crippen LogP contribution is 2.22. The number of aromatic nitrogens is 3. The zero-order chi connectivity index (χ0) is 20.8. The highest BCUT2D eigenvalue weighted by molar-refractivity contribution is 5.99. The van der Waals surface area contributed by atoms with Crippen molar-refractivity contribution >= 4 is 17.7 Å². The van der Waals surface area contributed by atoms with E-state index in [0.29, 0.717) is 29.4 Å². The molecule has 0 fully saturated rings. The number of halogens is 1. The summed E-state index contributed by atoms with van der Waals surface area (Å²) < 4.78 is 20.4. The van der Waals surface area contributed by atoms with E-state index >= 15 is 0 Å². The van der Waals surface area contributed by atoms with Crippen LogP contribution in [-0.2, 0) is 9.53 Å². The smallest absolute Gasteiger partial charge is 0.308 e. The molecule has 0 spiro atoms. The quantitative estimate of drug-likeness (QED) is 0.465. The lowest BCUT2D eigenvalue weighted by atomic mass is 10.1. The van der Waals surface area contributed by atoms with Gasteiger partial charge in [-0.05, 0) is 44.2 Å². The van der Waals surface area contributed by atoms with Crippen LogP contribution >= 0.6 is 0 Å². The van der Waals surface area contributed by atoms with Crippen molar-refractivity contribution in [1.82, 2.24) is 14.5 Å². The number of aryl methyl sites for hydroxylation is 1. The molecule has 0 saturated heterocycles. The van der Waals surface area contributed by atoms with E-state index in [1.54, 1.807) is 48.1 Å². The third kappa shape index (κ3) is 5.04. The Morgan fingerprint density at radius 3 is 2.62 bits per heavy atom. The van der Waals surface area contributed by atoms with Crippen molar-refractivity contribution in [3.8, 4) is 5.69 Å². The summed E-state index contributed by atoms with van der Waals surface area (Å²) in [4.78, 5) is 32.4. The normalized spacial score (nSPS) is 10.6. The number of hydrogen-bond acceptors (Lipinski definition) is 6. The Hall–Kier alpha value is -3.55. The van der Waals surface area contributed by atoms with E-state index in [4.69, 9.17) is 4.74 Å². The molecule has 8 heteroatoms. The summed E-state index contributed by atoms with van der Waals surface area (Å²) >= 11 is 0. The largest absolute Gasteiger partial charge is 0.457 e. The summed E-state index contributed by atoms with van der Waals surface area (Å²) in [5, 5.41) is 2.90. The molecule has 3 aromatic rings. The number of anilines is 1. The van der Waals surface area contributed by atoms with Gasteiger partial charge in [-0.1, -0.05) is 6.07 Å². The lowest BCUT2D eigenvalue weighted by molar-refractivity contribution is -0.142. The van der Waals surface area contributed by atoms with Gasteiger partial charge in [0.1, 0.15) is 5.82 Å². The second kappa shape index (κ2) is 9.09. The van der Waals surface area contributed by atoms with Crippen molar-refractivity contribution in [3.63, 3.8) is 0 Å². The number of rotatable bonds is 8. The predicted octanol–water partition coefficient (Wildman–Crippen LogP) is 3.25. The SMILES string of the molecule is Cc1cc(C(=O)COC(=O)CCNc2ncccn2)c(C)n1-c1cccc(F)c1. The molecule has 7 nitrogen and oxygen atoms in total. The summed E-state index contributed by atoms with van der Waals surface area (Å²) in [7, 11) is 0. The number of ether oxygens (including phenoxy) is 1. The Bertz CT molecular complexity index is 1020. The molecule has 0 aliphatic carbocycles. The van der Waals surface area contributed by atoms with E-state index in [-0.39, 0.29) is 24.6 Å². The van der Waals surface area contributed by atoms with E-state index in [2.05, 4.69) is 15.3 Å². The summed E-state index contributed by atoms with van der Waals surface area (Å²) in [6.45, 7) is 3.55. The number of nitrogens with zero attached hydrogens (tertiary/aromatic N) is 3. The van der Waals surface area contributed by atoms with E-state index in [1.165, 1.54) is 12.1 Å². The minimum atomic E-state index is -0.499. The summed E-state index contributed by atoms with van der Waals surface area (Å²) in [6.07, 6.45) is 3.26. The molecule has 0 unspecified atom stereocenters. The topological polar surface area (TPSA) is 86.1 Å². The van der Waals surface area contributed by atoms with E-state index in [0.717, 1.165) is 5.69 Å². The monoisotopic (exact) mass is 396 g/mol. The van der Waals surface area contributed by atoms with Crippen molar-refractivity contribution in [2.24, 2.45) is 0 Å². The number of Topliss-reactive ketones (excluding diaryl/α,β-unsaturated/α-hetero) is 1. The fourth-order valence-electron chi connectivity index (χ4n) is 3.02. The summed E-state index contributed by atoms with van der Waals surface area (Å²) in [5.41, 5.74) is 2.52. The van der Waals surface area contributed by atoms with Gasteiger partial charge in [-0.2, -0.15) is 0 Å². The van der Waals surface area contributed by atoms with Crippen molar-refractivity contribution in [2.45, 2.75) is 20.3 Å². The number of benzene rings is 1. The Kier molecular flexibility index (Phi) is 6.33. The van der Waals surface area contributed by atoms with Crippen LogP contribution in [0.3, 0.4) is 0 Å². The van der Waals surface area contributed by atoms with Crippen LogP contribution in [0.25, 0.3) is 5.69 Å². The molecule has 29 heavy (non-hydrogen) atoms. The molecule has 0 amide bonds. The van der Waals surface area contributed by atoms with Gasteiger partial charge in [0.15, 0.2) is 6.61 Å². The van der Waals surface area contributed by atoms with Gasteiger partial charge < -0.3 is 14.6 Å². The number of nitrogens with one attached hydrogen (secondary N) is 1. The first-order chi connectivity index (χ1) is 14.0. The highest BCUT2D eigenvalue weighted by Gasteiger charge is 2.18. The molecule has 1 N–H and O–H groups in total. The molecule has 0 radical (unpaired) electrons. The summed E-state index contributed by atoms with van der Waals surface area (Å²) in [6, 6.07) is 9.54.